The third-order valence-electron chi connectivity index (χ3n) is 4.70. The molecular formula is C19H18ClN5O. The first-order chi connectivity index (χ1) is 12.6. The summed E-state index contributed by atoms with van der Waals surface area (Å²) < 4.78 is 0. The Morgan fingerprint density at radius 1 is 1.12 bits per heavy atom. The first-order valence-corrected chi connectivity index (χ1v) is 8.88. The zero-order valence-corrected chi connectivity index (χ0v) is 14.9. The van der Waals surface area contributed by atoms with Crippen LogP contribution in [-0.4, -0.2) is 32.7 Å². The molecule has 7 heteroatoms. The summed E-state index contributed by atoms with van der Waals surface area (Å²) in [5, 5.41) is 15.9. The smallest absolute Gasteiger partial charge is 0.243 e. The molecule has 1 aliphatic carbocycles. The highest BCUT2D eigenvalue weighted by Gasteiger charge is 2.44. The molecule has 0 radical (unpaired) electrons. The van der Waals surface area contributed by atoms with Crippen molar-refractivity contribution >= 4 is 17.5 Å². The van der Waals surface area contributed by atoms with Crippen molar-refractivity contribution in [1.82, 2.24) is 25.5 Å². The third-order valence-corrected chi connectivity index (χ3v) is 4.96. The van der Waals surface area contributed by atoms with E-state index >= 15 is 0 Å². The van der Waals surface area contributed by atoms with E-state index in [1.807, 2.05) is 30.3 Å². The van der Waals surface area contributed by atoms with E-state index in [0.29, 0.717) is 17.4 Å². The summed E-state index contributed by atoms with van der Waals surface area (Å²) in [7, 11) is 0. The van der Waals surface area contributed by atoms with E-state index in [4.69, 9.17) is 11.6 Å². The Morgan fingerprint density at radius 2 is 1.85 bits per heavy atom. The molecule has 0 saturated heterocycles. The summed E-state index contributed by atoms with van der Waals surface area (Å²) in [6.45, 7) is 0.681. The minimum atomic E-state index is -0.118. The van der Waals surface area contributed by atoms with Gasteiger partial charge in [-0.25, -0.2) is 0 Å². The van der Waals surface area contributed by atoms with Gasteiger partial charge in [0.15, 0.2) is 0 Å². The van der Waals surface area contributed by atoms with Gasteiger partial charge in [0.05, 0.1) is 0 Å². The van der Waals surface area contributed by atoms with Crippen molar-refractivity contribution < 1.29 is 4.79 Å². The zero-order valence-electron chi connectivity index (χ0n) is 14.1. The molecule has 1 aliphatic rings. The molecule has 26 heavy (non-hydrogen) atoms. The van der Waals surface area contributed by atoms with Gasteiger partial charge in [0, 0.05) is 22.5 Å². The number of carbonyl (C=O) groups is 1. The summed E-state index contributed by atoms with van der Waals surface area (Å²) in [5.74, 6) is 0.352. The Morgan fingerprint density at radius 3 is 2.54 bits per heavy atom. The van der Waals surface area contributed by atoms with E-state index in [2.05, 4.69) is 32.9 Å². The molecule has 0 aliphatic heterocycles. The Kier molecular flexibility index (Phi) is 4.42. The summed E-state index contributed by atoms with van der Waals surface area (Å²) >= 11 is 5.88. The molecule has 4 rings (SSSR count). The zero-order chi connectivity index (χ0) is 18.0. The average molecular weight is 368 g/mol. The van der Waals surface area contributed by atoms with Crippen molar-refractivity contribution in [2.75, 3.05) is 6.54 Å². The van der Waals surface area contributed by atoms with Gasteiger partial charge in [-0.05, 0) is 47.9 Å². The molecule has 6 nitrogen and oxygen atoms in total. The predicted molar refractivity (Wildman–Crippen MR) is 98.6 cm³/mol. The molecule has 1 fully saturated rings. The Bertz CT molecular complexity index is 903. The lowest BCUT2D eigenvalue weighted by Gasteiger charge is -2.16. The number of rotatable bonds is 6. The van der Waals surface area contributed by atoms with Crippen molar-refractivity contribution in [3.05, 3.63) is 65.2 Å². The van der Waals surface area contributed by atoms with Gasteiger partial charge in [0.2, 0.25) is 11.7 Å². The van der Waals surface area contributed by atoms with Gasteiger partial charge in [0.1, 0.15) is 6.54 Å². The van der Waals surface area contributed by atoms with Gasteiger partial charge in [-0.3, -0.25) is 4.79 Å². The highest BCUT2D eigenvalue weighted by atomic mass is 35.5. The van der Waals surface area contributed by atoms with Crippen LogP contribution in [0.15, 0.2) is 54.6 Å². The number of nitrogens with one attached hydrogen (secondary N) is 1. The van der Waals surface area contributed by atoms with E-state index < -0.39 is 0 Å². The molecule has 1 aromatic heterocycles. The summed E-state index contributed by atoms with van der Waals surface area (Å²) in [6.07, 6.45) is 2.19. The molecule has 0 bridgehead atoms. The van der Waals surface area contributed by atoms with Crippen LogP contribution in [0.5, 0.6) is 0 Å². The van der Waals surface area contributed by atoms with E-state index in [9.17, 15) is 4.79 Å². The molecule has 0 atom stereocenters. The largest absolute Gasteiger partial charge is 0.354 e. The minimum Gasteiger partial charge on any atom is -0.354 e. The van der Waals surface area contributed by atoms with Gasteiger partial charge in [0.25, 0.3) is 0 Å². The van der Waals surface area contributed by atoms with Crippen LogP contribution in [0.1, 0.15) is 18.4 Å². The SMILES string of the molecule is O=C(Cn1nnc(-c2ccc(Cl)cc2)n1)NCC1(c2ccccc2)CC1. The summed E-state index contributed by atoms with van der Waals surface area (Å²) in [5.41, 5.74) is 2.17. The maximum atomic E-state index is 12.3. The monoisotopic (exact) mass is 367 g/mol. The van der Waals surface area contributed by atoms with Gasteiger partial charge in [-0.1, -0.05) is 41.9 Å². The topological polar surface area (TPSA) is 72.7 Å². The second-order valence-electron chi connectivity index (χ2n) is 6.57. The van der Waals surface area contributed by atoms with Crippen molar-refractivity contribution in [1.29, 1.82) is 0 Å². The van der Waals surface area contributed by atoms with Crippen molar-refractivity contribution in [2.45, 2.75) is 24.8 Å². The fourth-order valence-electron chi connectivity index (χ4n) is 2.99. The fourth-order valence-corrected chi connectivity index (χ4v) is 3.11. The van der Waals surface area contributed by atoms with Crippen LogP contribution in [-0.2, 0) is 16.8 Å². The number of hydrogen-bond donors (Lipinski definition) is 1. The molecule has 0 spiro atoms. The van der Waals surface area contributed by atoms with Gasteiger partial charge >= 0.3 is 0 Å². The van der Waals surface area contributed by atoms with Crippen LogP contribution >= 0.6 is 11.6 Å². The standard InChI is InChI=1S/C19H18ClN5O/c20-16-8-6-14(7-9-16)18-22-24-25(23-18)12-17(26)21-13-19(10-11-19)15-4-2-1-3-5-15/h1-9H,10-13H2,(H,21,26). The molecular weight excluding hydrogens is 350 g/mol. The molecule has 1 heterocycles. The molecule has 1 N–H and O–H groups in total. The second-order valence-corrected chi connectivity index (χ2v) is 7.01. The number of nitrogens with zero attached hydrogens (tertiary/aromatic N) is 4. The first kappa shape index (κ1) is 16.7. The Balaban J connectivity index is 1.35. The molecule has 1 amide bonds. The number of amides is 1. The van der Waals surface area contributed by atoms with E-state index in [0.717, 1.165) is 18.4 Å². The highest BCUT2D eigenvalue weighted by Crippen LogP contribution is 2.47. The predicted octanol–water partition coefficient (Wildman–Crippen LogP) is 2.84. The molecule has 3 aromatic rings. The van der Waals surface area contributed by atoms with Gasteiger partial charge in [-0.15, -0.1) is 10.2 Å². The maximum Gasteiger partial charge on any atom is 0.243 e. The van der Waals surface area contributed by atoms with Crippen LogP contribution in [0.3, 0.4) is 0 Å². The Hall–Kier alpha value is -2.73. The number of halogens is 1. The molecule has 2 aromatic carbocycles. The fraction of sp³-hybridized carbons (Fsp3) is 0.263. The summed E-state index contributed by atoms with van der Waals surface area (Å²) in [4.78, 5) is 13.6. The Labute approximate surface area is 156 Å². The lowest BCUT2D eigenvalue weighted by Crippen LogP contribution is -2.35. The van der Waals surface area contributed by atoms with Crippen LogP contribution in [0, 0.1) is 0 Å². The molecule has 1 saturated carbocycles. The number of carbonyl (C=O) groups excluding carboxylic acids is 1. The van der Waals surface area contributed by atoms with Crippen LogP contribution < -0.4 is 5.32 Å². The number of aromatic nitrogens is 4. The minimum absolute atomic E-state index is 0.0471. The summed E-state index contributed by atoms with van der Waals surface area (Å²) in [6, 6.07) is 17.5. The van der Waals surface area contributed by atoms with E-state index in [-0.39, 0.29) is 17.9 Å². The maximum absolute atomic E-state index is 12.3. The van der Waals surface area contributed by atoms with E-state index in [1.165, 1.54) is 10.4 Å². The van der Waals surface area contributed by atoms with E-state index in [1.54, 1.807) is 12.1 Å². The highest BCUT2D eigenvalue weighted by molar-refractivity contribution is 6.30. The first-order valence-electron chi connectivity index (χ1n) is 8.51. The normalized spacial score (nSPS) is 14.8. The van der Waals surface area contributed by atoms with Crippen molar-refractivity contribution in [3.8, 4) is 11.4 Å². The second kappa shape index (κ2) is 6.88. The van der Waals surface area contributed by atoms with Gasteiger partial charge in [-0.2, -0.15) is 4.80 Å². The van der Waals surface area contributed by atoms with Gasteiger partial charge < -0.3 is 5.32 Å². The van der Waals surface area contributed by atoms with Crippen LogP contribution in [0.4, 0.5) is 0 Å². The van der Waals surface area contributed by atoms with Crippen LogP contribution in [0.2, 0.25) is 5.02 Å². The number of hydrogen-bond acceptors (Lipinski definition) is 4. The lowest BCUT2D eigenvalue weighted by atomic mass is 9.96. The molecule has 132 valence electrons. The average Bonchev–Trinajstić information content (AvgIpc) is 3.33. The third kappa shape index (κ3) is 3.60. The quantitative estimate of drug-likeness (QED) is 0.727. The van der Waals surface area contributed by atoms with Crippen molar-refractivity contribution in [2.24, 2.45) is 0 Å². The van der Waals surface area contributed by atoms with Crippen LogP contribution in [0.25, 0.3) is 11.4 Å². The molecule has 0 unspecified atom stereocenters. The van der Waals surface area contributed by atoms with Crippen molar-refractivity contribution in [3.63, 3.8) is 0 Å². The number of tetrazole rings is 1. The lowest BCUT2D eigenvalue weighted by molar-refractivity contribution is -0.122. The number of benzene rings is 2.